The Balaban J connectivity index is 3.60. The molecule has 0 fully saturated rings. The highest BCUT2D eigenvalue weighted by Gasteiger charge is 2.47. The normalized spacial score (nSPS) is 13.0. The SMILES string of the molecule is COCOCCCCOS(=O)(=O)C(F)(F)F. The molecule has 0 aromatic carbocycles. The van der Waals surface area contributed by atoms with Crippen LogP contribution in [0.2, 0.25) is 0 Å². The molecule has 0 aromatic rings. The average Bonchev–Trinajstić information content (AvgIpc) is 2.14. The number of hydrogen-bond acceptors (Lipinski definition) is 5. The summed E-state index contributed by atoms with van der Waals surface area (Å²) in [6.07, 6.45) is 0.537. The van der Waals surface area contributed by atoms with Gasteiger partial charge < -0.3 is 9.47 Å². The highest BCUT2D eigenvalue weighted by molar-refractivity contribution is 7.87. The van der Waals surface area contributed by atoms with Gasteiger partial charge in [0, 0.05) is 13.7 Å². The van der Waals surface area contributed by atoms with Gasteiger partial charge in [-0.25, -0.2) is 0 Å². The molecule has 5 nitrogen and oxygen atoms in total. The molecule has 0 saturated carbocycles. The Morgan fingerprint density at radius 3 is 2.19 bits per heavy atom. The Morgan fingerprint density at radius 2 is 1.69 bits per heavy atom. The van der Waals surface area contributed by atoms with E-state index in [1.807, 2.05) is 0 Å². The van der Waals surface area contributed by atoms with Gasteiger partial charge in [-0.1, -0.05) is 0 Å². The number of rotatable bonds is 8. The first-order chi connectivity index (χ1) is 7.31. The molecule has 0 atom stereocenters. The zero-order valence-electron chi connectivity index (χ0n) is 8.62. The van der Waals surface area contributed by atoms with Crippen molar-refractivity contribution in [3.05, 3.63) is 0 Å². The number of hydrogen-bond donors (Lipinski definition) is 0. The van der Waals surface area contributed by atoms with Gasteiger partial charge in [-0.15, -0.1) is 0 Å². The lowest BCUT2D eigenvalue weighted by molar-refractivity contribution is -0.0546. The van der Waals surface area contributed by atoms with Crippen LogP contribution in [0.1, 0.15) is 12.8 Å². The summed E-state index contributed by atoms with van der Waals surface area (Å²) in [7, 11) is -4.03. The molecule has 0 aromatic heterocycles. The second-order valence-electron chi connectivity index (χ2n) is 2.74. The molecule has 0 saturated heterocycles. The van der Waals surface area contributed by atoms with E-state index in [-0.39, 0.29) is 19.8 Å². The van der Waals surface area contributed by atoms with Crippen molar-refractivity contribution >= 4 is 10.1 Å². The number of ether oxygens (including phenoxy) is 2. The van der Waals surface area contributed by atoms with Crippen molar-refractivity contribution in [2.45, 2.75) is 18.3 Å². The van der Waals surface area contributed by atoms with Crippen molar-refractivity contribution < 1.29 is 35.2 Å². The average molecular weight is 266 g/mol. The van der Waals surface area contributed by atoms with Crippen LogP contribution in [0.15, 0.2) is 0 Å². The minimum atomic E-state index is -5.46. The van der Waals surface area contributed by atoms with E-state index < -0.39 is 22.2 Å². The van der Waals surface area contributed by atoms with Crippen molar-refractivity contribution in [2.75, 3.05) is 27.1 Å². The first-order valence-corrected chi connectivity index (χ1v) is 5.74. The van der Waals surface area contributed by atoms with Gasteiger partial charge in [0.25, 0.3) is 0 Å². The van der Waals surface area contributed by atoms with Gasteiger partial charge in [-0.3, -0.25) is 4.18 Å². The summed E-state index contributed by atoms with van der Waals surface area (Å²) in [5.41, 5.74) is -5.36. The fourth-order valence-electron chi connectivity index (χ4n) is 0.684. The fourth-order valence-corrected chi connectivity index (χ4v) is 1.15. The maximum absolute atomic E-state index is 11.8. The molecule has 0 radical (unpaired) electrons. The minimum absolute atomic E-state index is 0.0850. The molecule has 0 aliphatic carbocycles. The number of methoxy groups -OCH3 is 1. The molecule has 0 aliphatic rings. The zero-order valence-corrected chi connectivity index (χ0v) is 9.44. The quantitative estimate of drug-likeness (QED) is 0.286. The highest BCUT2D eigenvalue weighted by atomic mass is 32.2. The maximum atomic E-state index is 11.8. The molecule has 0 unspecified atom stereocenters. The number of alkyl halides is 3. The molecule has 9 heteroatoms. The third kappa shape index (κ3) is 6.26. The molecular weight excluding hydrogens is 253 g/mol. The van der Waals surface area contributed by atoms with Gasteiger partial charge in [-0.05, 0) is 12.8 Å². The van der Waals surface area contributed by atoms with Crippen molar-refractivity contribution in [3.63, 3.8) is 0 Å². The fraction of sp³-hybridized carbons (Fsp3) is 1.00. The van der Waals surface area contributed by atoms with Gasteiger partial charge in [0.1, 0.15) is 6.79 Å². The Labute approximate surface area is 91.6 Å². The van der Waals surface area contributed by atoms with Gasteiger partial charge in [-0.2, -0.15) is 21.6 Å². The van der Waals surface area contributed by atoms with Crippen LogP contribution in [0.3, 0.4) is 0 Å². The molecule has 0 spiro atoms. The topological polar surface area (TPSA) is 61.8 Å². The Hall–Kier alpha value is -0.380. The van der Waals surface area contributed by atoms with E-state index in [1.54, 1.807) is 0 Å². The lowest BCUT2D eigenvalue weighted by Gasteiger charge is -2.08. The predicted octanol–water partition coefficient (Wildman–Crippen LogP) is 1.25. The van der Waals surface area contributed by atoms with E-state index in [0.717, 1.165) is 0 Å². The van der Waals surface area contributed by atoms with Gasteiger partial charge in [0.2, 0.25) is 0 Å². The molecule has 0 N–H and O–H groups in total. The molecule has 16 heavy (non-hydrogen) atoms. The molecule has 0 amide bonds. The van der Waals surface area contributed by atoms with E-state index in [9.17, 15) is 21.6 Å². The highest BCUT2D eigenvalue weighted by Crippen LogP contribution is 2.24. The number of halogens is 3. The van der Waals surface area contributed by atoms with Crippen LogP contribution in [0.25, 0.3) is 0 Å². The monoisotopic (exact) mass is 266 g/mol. The van der Waals surface area contributed by atoms with Gasteiger partial charge in [0.05, 0.1) is 6.61 Å². The van der Waals surface area contributed by atoms with E-state index in [2.05, 4.69) is 8.92 Å². The molecule has 0 aliphatic heterocycles. The largest absolute Gasteiger partial charge is 0.523 e. The van der Waals surface area contributed by atoms with E-state index in [4.69, 9.17) is 4.74 Å². The standard InChI is InChI=1S/C7H13F3O5S/c1-13-6-14-4-2-3-5-15-16(11,12)7(8,9)10/h2-6H2,1H3. The molecular formula is C7H13F3O5S. The number of unbranched alkanes of at least 4 members (excludes halogenated alkanes) is 1. The molecule has 0 rings (SSSR count). The van der Waals surface area contributed by atoms with E-state index in [1.165, 1.54) is 7.11 Å². The molecule has 0 bridgehead atoms. The second kappa shape index (κ2) is 7.05. The predicted molar refractivity (Wildman–Crippen MR) is 48.0 cm³/mol. The van der Waals surface area contributed by atoms with E-state index in [0.29, 0.717) is 6.42 Å². The van der Waals surface area contributed by atoms with Crippen molar-refractivity contribution in [2.24, 2.45) is 0 Å². The van der Waals surface area contributed by atoms with Crippen molar-refractivity contribution in [1.82, 2.24) is 0 Å². The third-order valence-electron chi connectivity index (χ3n) is 1.41. The first-order valence-electron chi connectivity index (χ1n) is 4.33. The summed E-state index contributed by atoms with van der Waals surface area (Å²) in [6, 6.07) is 0. The van der Waals surface area contributed by atoms with Gasteiger partial charge >= 0.3 is 15.6 Å². The van der Waals surface area contributed by atoms with Crippen molar-refractivity contribution in [1.29, 1.82) is 0 Å². The van der Waals surface area contributed by atoms with Crippen LogP contribution in [0.5, 0.6) is 0 Å². The summed E-state index contributed by atoms with van der Waals surface area (Å²) in [5, 5.41) is 0. The Bertz CT molecular complexity index is 274. The van der Waals surface area contributed by atoms with Crippen LogP contribution in [0.4, 0.5) is 13.2 Å². The smallest absolute Gasteiger partial charge is 0.359 e. The minimum Gasteiger partial charge on any atom is -0.359 e. The Kier molecular flexibility index (Phi) is 6.88. The van der Waals surface area contributed by atoms with E-state index >= 15 is 0 Å². The lowest BCUT2D eigenvalue weighted by Crippen LogP contribution is -2.25. The molecule has 98 valence electrons. The van der Waals surface area contributed by atoms with Crippen molar-refractivity contribution in [3.8, 4) is 0 Å². The molecule has 0 heterocycles. The summed E-state index contributed by atoms with van der Waals surface area (Å²) >= 11 is 0. The summed E-state index contributed by atoms with van der Waals surface area (Å²) in [6.45, 7) is -0.164. The summed E-state index contributed by atoms with van der Waals surface area (Å²) < 4.78 is 69.2. The van der Waals surface area contributed by atoms with Crippen LogP contribution in [-0.2, 0) is 23.8 Å². The van der Waals surface area contributed by atoms with Gasteiger partial charge in [0.15, 0.2) is 0 Å². The lowest BCUT2D eigenvalue weighted by atomic mass is 10.3. The third-order valence-corrected chi connectivity index (χ3v) is 2.45. The summed E-state index contributed by atoms with van der Waals surface area (Å²) in [5.74, 6) is 0. The maximum Gasteiger partial charge on any atom is 0.523 e. The zero-order chi connectivity index (χ0) is 12.7. The second-order valence-corrected chi connectivity index (χ2v) is 4.35. The van der Waals surface area contributed by atoms with Crippen LogP contribution >= 0.6 is 0 Å². The van der Waals surface area contributed by atoms with Crippen LogP contribution in [-0.4, -0.2) is 41.0 Å². The van der Waals surface area contributed by atoms with Crippen LogP contribution < -0.4 is 0 Å². The Morgan fingerprint density at radius 1 is 1.12 bits per heavy atom. The first kappa shape index (κ1) is 15.6. The van der Waals surface area contributed by atoms with Crippen LogP contribution in [0, 0.1) is 0 Å². The summed E-state index contributed by atoms with van der Waals surface area (Å²) in [4.78, 5) is 0.